The van der Waals surface area contributed by atoms with Gasteiger partial charge in [0.15, 0.2) is 0 Å². The number of hydrogen-bond donors (Lipinski definition) is 1. The summed E-state index contributed by atoms with van der Waals surface area (Å²) in [5.74, 6) is 0. The van der Waals surface area contributed by atoms with E-state index in [0.717, 1.165) is 18.7 Å². The van der Waals surface area contributed by atoms with Crippen molar-refractivity contribution < 1.29 is 0 Å². The third kappa shape index (κ3) is 1.51. The van der Waals surface area contributed by atoms with Crippen LogP contribution in [-0.4, -0.2) is 17.1 Å². The first-order valence-electron chi connectivity index (χ1n) is 3.72. The lowest BCUT2D eigenvalue weighted by molar-refractivity contribution is 0.122. The van der Waals surface area contributed by atoms with Crippen LogP contribution in [0.3, 0.4) is 0 Å². The van der Waals surface area contributed by atoms with Crippen molar-refractivity contribution in [3.05, 3.63) is 12.3 Å². The van der Waals surface area contributed by atoms with E-state index in [0.29, 0.717) is 0 Å². The molecule has 1 heterocycles. The summed E-state index contributed by atoms with van der Waals surface area (Å²) >= 11 is 0. The quantitative estimate of drug-likeness (QED) is 0.548. The molecule has 58 valence electrons. The van der Waals surface area contributed by atoms with Crippen molar-refractivity contribution in [1.82, 2.24) is 10.4 Å². The van der Waals surface area contributed by atoms with Crippen LogP contribution in [0.15, 0.2) is 12.3 Å². The second-order valence-electron chi connectivity index (χ2n) is 3.79. The van der Waals surface area contributed by atoms with Crippen LogP contribution in [0.1, 0.15) is 27.2 Å². The first-order chi connectivity index (χ1) is 4.50. The minimum absolute atomic E-state index is 0.222. The number of nitrogens with zero attached hydrogens (tertiary/aromatic N) is 1. The third-order valence-electron chi connectivity index (χ3n) is 1.74. The van der Waals surface area contributed by atoms with Crippen molar-refractivity contribution >= 4 is 0 Å². The summed E-state index contributed by atoms with van der Waals surface area (Å²) in [6, 6.07) is 0. The molecular weight excluding hydrogens is 124 g/mol. The molecule has 0 atom stereocenters. The minimum atomic E-state index is 0.222. The fourth-order valence-electron chi connectivity index (χ4n) is 1.05. The molecule has 0 aromatic heterocycles. The lowest BCUT2D eigenvalue weighted by Crippen LogP contribution is -2.45. The molecular formula is C8H16N2. The molecule has 0 aliphatic carbocycles. The summed E-state index contributed by atoms with van der Waals surface area (Å²) < 4.78 is 0. The largest absolute Gasteiger partial charge is 0.323 e. The molecule has 1 N–H and O–H groups in total. The SMILES string of the molecule is C=C1CCN(C(C)(C)C)N1. The molecule has 1 saturated heterocycles. The van der Waals surface area contributed by atoms with E-state index in [9.17, 15) is 0 Å². The van der Waals surface area contributed by atoms with Crippen LogP contribution in [-0.2, 0) is 0 Å². The zero-order valence-electron chi connectivity index (χ0n) is 7.07. The highest BCUT2D eigenvalue weighted by molar-refractivity contribution is 4.98. The Hall–Kier alpha value is -0.500. The number of nitrogens with one attached hydrogen (secondary N) is 1. The molecule has 0 unspecified atom stereocenters. The summed E-state index contributed by atoms with van der Waals surface area (Å²) in [6.45, 7) is 11.5. The molecule has 0 bridgehead atoms. The van der Waals surface area contributed by atoms with Gasteiger partial charge in [-0.1, -0.05) is 6.58 Å². The van der Waals surface area contributed by atoms with Gasteiger partial charge in [0.05, 0.1) is 0 Å². The van der Waals surface area contributed by atoms with Gasteiger partial charge in [-0.25, -0.2) is 5.01 Å². The van der Waals surface area contributed by atoms with E-state index in [1.54, 1.807) is 0 Å². The molecule has 0 amide bonds. The molecule has 0 spiro atoms. The van der Waals surface area contributed by atoms with Crippen LogP contribution in [0.5, 0.6) is 0 Å². The molecule has 1 rings (SSSR count). The van der Waals surface area contributed by atoms with E-state index >= 15 is 0 Å². The predicted octanol–water partition coefficient (Wildman–Crippen LogP) is 1.51. The molecule has 0 saturated carbocycles. The third-order valence-corrected chi connectivity index (χ3v) is 1.74. The number of hydrogen-bond acceptors (Lipinski definition) is 2. The van der Waals surface area contributed by atoms with Crippen molar-refractivity contribution in [2.45, 2.75) is 32.7 Å². The maximum atomic E-state index is 3.87. The van der Waals surface area contributed by atoms with Crippen molar-refractivity contribution in [3.63, 3.8) is 0 Å². The van der Waals surface area contributed by atoms with E-state index in [4.69, 9.17) is 0 Å². The molecule has 0 aromatic carbocycles. The molecule has 1 aliphatic heterocycles. The van der Waals surface area contributed by atoms with Gasteiger partial charge in [0.2, 0.25) is 0 Å². The molecule has 2 heteroatoms. The second kappa shape index (κ2) is 2.27. The highest BCUT2D eigenvalue weighted by Gasteiger charge is 2.25. The predicted molar refractivity (Wildman–Crippen MR) is 43.4 cm³/mol. The van der Waals surface area contributed by atoms with Gasteiger partial charge in [-0.3, -0.25) is 0 Å². The van der Waals surface area contributed by atoms with Crippen LogP contribution in [0.2, 0.25) is 0 Å². The van der Waals surface area contributed by atoms with Gasteiger partial charge >= 0.3 is 0 Å². The van der Waals surface area contributed by atoms with Gasteiger partial charge in [-0.05, 0) is 20.8 Å². The fraction of sp³-hybridized carbons (Fsp3) is 0.750. The maximum Gasteiger partial charge on any atom is 0.0317 e. The van der Waals surface area contributed by atoms with Gasteiger partial charge < -0.3 is 5.43 Å². The van der Waals surface area contributed by atoms with Crippen molar-refractivity contribution in [2.75, 3.05) is 6.54 Å². The number of rotatable bonds is 0. The topological polar surface area (TPSA) is 15.3 Å². The summed E-state index contributed by atoms with van der Waals surface area (Å²) in [5, 5.41) is 2.22. The lowest BCUT2D eigenvalue weighted by atomic mass is 10.1. The average Bonchev–Trinajstić information content (AvgIpc) is 2.11. The lowest BCUT2D eigenvalue weighted by Gasteiger charge is -2.31. The van der Waals surface area contributed by atoms with Gasteiger partial charge in [-0.2, -0.15) is 0 Å². The zero-order valence-corrected chi connectivity index (χ0v) is 7.07. The zero-order chi connectivity index (χ0) is 7.78. The Labute approximate surface area is 62.9 Å². The van der Waals surface area contributed by atoms with Gasteiger partial charge in [-0.15, -0.1) is 0 Å². The van der Waals surface area contributed by atoms with Crippen LogP contribution in [0, 0.1) is 0 Å². The molecule has 2 nitrogen and oxygen atoms in total. The first kappa shape index (κ1) is 7.61. The Morgan fingerprint density at radius 2 is 2.10 bits per heavy atom. The van der Waals surface area contributed by atoms with Crippen molar-refractivity contribution in [1.29, 1.82) is 0 Å². The van der Waals surface area contributed by atoms with E-state index in [1.165, 1.54) is 0 Å². The Morgan fingerprint density at radius 1 is 1.50 bits per heavy atom. The summed E-state index contributed by atoms with van der Waals surface area (Å²) in [7, 11) is 0. The molecule has 1 fully saturated rings. The Kier molecular flexibility index (Phi) is 1.73. The molecule has 1 aliphatic rings. The Morgan fingerprint density at radius 3 is 2.30 bits per heavy atom. The van der Waals surface area contributed by atoms with Gasteiger partial charge in [0.1, 0.15) is 0 Å². The van der Waals surface area contributed by atoms with Crippen molar-refractivity contribution in [2.24, 2.45) is 0 Å². The summed E-state index contributed by atoms with van der Waals surface area (Å²) in [4.78, 5) is 0. The van der Waals surface area contributed by atoms with E-state index in [1.807, 2.05) is 0 Å². The van der Waals surface area contributed by atoms with Crippen LogP contribution < -0.4 is 5.43 Å². The standard InChI is InChI=1S/C8H16N2/c1-7-5-6-10(9-7)8(2,3)4/h9H,1,5-6H2,2-4H3. The van der Waals surface area contributed by atoms with Gasteiger partial charge in [0, 0.05) is 24.2 Å². The number of hydrazine groups is 1. The summed E-state index contributed by atoms with van der Waals surface area (Å²) in [5.41, 5.74) is 4.59. The van der Waals surface area contributed by atoms with E-state index in [2.05, 4.69) is 37.8 Å². The summed E-state index contributed by atoms with van der Waals surface area (Å²) in [6.07, 6.45) is 1.08. The Balaban J connectivity index is 2.53. The highest BCUT2D eigenvalue weighted by atomic mass is 15.6. The van der Waals surface area contributed by atoms with E-state index < -0.39 is 0 Å². The highest BCUT2D eigenvalue weighted by Crippen LogP contribution is 2.17. The normalized spacial score (nSPS) is 21.3. The van der Waals surface area contributed by atoms with E-state index in [-0.39, 0.29) is 5.54 Å². The molecule has 0 aromatic rings. The average molecular weight is 140 g/mol. The first-order valence-corrected chi connectivity index (χ1v) is 3.72. The van der Waals surface area contributed by atoms with Crippen LogP contribution in [0.4, 0.5) is 0 Å². The Bertz CT molecular complexity index is 144. The maximum absolute atomic E-state index is 3.87. The van der Waals surface area contributed by atoms with Crippen molar-refractivity contribution in [3.8, 4) is 0 Å². The molecule has 10 heavy (non-hydrogen) atoms. The molecule has 0 radical (unpaired) electrons. The van der Waals surface area contributed by atoms with Gasteiger partial charge in [0.25, 0.3) is 0 Å². The minimum Gasteiger partial charge on any atom is -0.323 e. The smallest absolute Gasteiger partial charge is 0.0317 e. The van der Waals surface area contributed by atoms with Crippen LogP contribution in [0.25, 0.3) is 0 Å². The second-order valence-corrected chi connectivity index (χ2v) is 3.79. The van der Waals surface area contributed by atoms with Crippen LogP contribution >= 0.6 is 0 Å². The monoisotopic (exact) mass is 140 g/mol. The fourth-order valence-corrected chi connectivity index (χ4v) is 1.05.